The highest BCUT2D eigenvalue weighted by molar-refractivity contribution is 7.86. The van der Waals surface area contributed by atoms with Crippen molar-refractivity contribution in [3.8, 4) is 5.75 Å². The summed E-state index contributed by atoms with van der Waals surface area (Å²) in [6.07, 6.45) is 1.64. The molecule has 0 aliphatic carbocycles. The van der Waals surface area contributed by atoms with Gasteiger partial charge in [-0.3, -0.25) is 9.36 Å². The molecule has 1 aromatic rings. The van der Waals surface area contributed by atoms with Gasteiger partial charge in [-0.05, 0) is 33.2 Å². The van der Waals surface area contributed by atoms with E-state index in [1.807, 2.05) is 6.92 Å². The van der Waals surface area contributed by atoms with Crippen molar-refractivity contribution in [1.82, 2.24) is 14.9 Å². The molecule has 10 heteroatoms. The molecule has 2 heterocycles. The number of aromatic nitrogens is 2. The molecule has 1 aliphatic heterocycles. The topological polar surface area (TPSA) is 120 Å². The third-order valence-corrected chi connectivity index (χ3v) is 4.50. The zero-order valence-corrected chi connectivity index (χ0v) is 15.0. The van der Waals surface area contributed by atoms with E-state index in [1.165, 1.54) is 11.7 Å². The van der Waals surface area contributed by atoms with Crippen LogP contribution in [0.5, 0.6) is 5.75 Å². The number of hydrogen-bond donors (Lipinski definition) is 2. The van der Waals surface area contributed by atoms with Gasteiger partial charge in [0.05, 0.1) is 12.3 Å². The number of aliphatic hydroxyl groups excluding tert-OH is 1. The molecule has 0 aromatic carbocycles. The summed E-state index contributed by atoms with van der Waals surface area (Å²) < 4.78 is 34.1. The van der Waals surface area contributed by atoms with Crippen LogP contribution < -0.4 is 15.1 Å². The van der Waals surface area contributed by atoms with E-state index in [9.17, 15) is 18.3 Å². The van der Waals surface area contributed by atoms with E-state index in [2.05, 4.69) is 10.3 Å². The first kappa shape index (κ1) is 18.8. The van der Waals surface area contributed by atoms with Crippen molar-refractivity contribution in [2.75, 3.05) is 20.4 Å². The third-order valence-electron chi connectivity index (χ3n) is 4.03. The number of ether oxygens (including phenoxy) is 1. The van der Waals surface area contributed by atoms with Crippen molar-refractivity contribution < 1.29 is 22.4 Å². The number of nitrogens with one attached hydrogen (secondary N) is 1. The first-order valence-electron chi connectivity index (χ1n) is 7.63. The van der Waals surface area contributed by atoms with E-state index in [0.29, 0.717) is 5.82 Å². The van der Waals surface area contributed by atoms with Crippen LogP contribution in [-0.2, 0) is 14.9 Å². The molecular weight excluding hydrogens is 338 g/mol. The fourth-order valence-corrected chi connectivity index (χ4v) is 3.34. The predicted molar refractivity (Wildman–Crippen MR) is 86.3 cm³/mol. The van der Waals surface area contributed by atoms with Crippen LogP contribution in [0.3, 0.4) is 0 Å². The molecule has 9 nitrogen and oxygen atoms in total. The summed E-state index contributed by atoms with van der Waals surface area (Å²) in [7, 11) is -0.997. The van der Waals surface area contributed by atoms with Crippen LogP contribution >= 0.6 is 0 Å². The highest BCUT2D eigenvalue weighted by Crippen LogP contribution is 2.31. The van der Waals surface area contributed by atoms with Gasteiger partial charge < -0.3 is 19.3 Å². The minimum atomic E-state index is -3.97. The molecule has 1 aliphatic rings. The molecule has 2 rings (SSSR count). The lowest BCUT2D eigenvalue weighted by Gasteiger charge is -2.23. The van der Waals surface area contributed by atoms with Gasteiger partial charge in [-0.2, -0.15) is 8.42 Å². The number of nitrogens with zero attached hydrogens (tertiary/aromatic N) is 2. The molecule has 0 radical (unpaired) electrons. The second-order valence-electron chi connectivity index (χ2n) is 5.86. The van der Waals surface area contributed by atoms with E-state index < -0.39 is 27.7 Å². The zero-order valence-electron chi connectivity index (χ0n) is 14.1. The van der Waals surface area contributed by atoms with Gasteiger partial charge in [0.1, 0.15) is 11.5 Å². The SMILES string of the molecule is CNC1CCCC(C)n2c1nc(C(O)OC)c(OS(C)(=O)=O)c2=O. The van der Waals surface area contributed by atoms with Crippen LogP contribution in [0.25, 0.3) is 0 Å². The van der Waals surface area contributed by atoms with Crippen LogP contribution in [-0.4, -0.2) is 43.5 Å². The summed E-state index contributed by atoms with van der Waals surface area (Å²) in [5.74, 6) is -0.0985. The van der Waals surface area contributed by atoms with Crippen molar-refractivity contribution in [1.29, 1.82) is 0 Å². The molecule has 0 bridgehead atoms. The number of aliphatic hydroxyl groups is 1. The van der Waals surface area contributed by atoms with E-state index in [1.54, 1.807) is 7.05 Å². The molecule has 0 fully saturated rings. The summed E-state index contributed by atoms with van der Waals surface area (Å²) in [6, 6.07) is -0.369. The summed E-state index contributed by atoms with van der Waals surface area (Å²) in [4.78, 5) is 17.2. The summed E-state index contributed by atoms with van der Waals surface area (Å²) in [6.45, 7) is 1.86. The van der Waals surface area contributed by atoms with E-state index >= 15 is 0 Å². The largest absolute Gasteiger partial charge is 0.374 e. The Balaban J connectivity index is 2.78. The minimum Gasteiger partial charge on any atom is -0.374 e. The minimum absolute atomic E-state index is 0.172. The molecule has 0 saturated heterocycles. The van der Waals surface area contributed by atoms with Gasteiger partial charge in [0, 0.05) is 13.2 Å². The Morgan fingerprint density at radius 3 is 2.62 bits per heavy atom. The summed E-state index contributed by atoms with van der Waals surface area (Å²) >= 11 is 0. The standard InChI is InChI=1S/C14H23N3O6S/c1-8-6-5-7-9(15-2)12-16-10(14(19)22-3)11(13(18)17(8)12)23-24(4,20)21/h8-9,14-15,19H,5-7H2,1-4H3. The number of rotatable bonds is 5. The first-order valence-corrected chi connectivity index (χ1v) is 9.45. The monoisotopic (exact) mass is 361 g/mol. The molecular formula is C14H23N3O6S. The molecule has 1 aromatic heterocycles. The van der Waals surface area contributed by atoms with Gasteiger partial charge in [-0.25, -0.2) is 4.98 Å². The van der Waals surface area contributed by atoms with Gasteiger partial charge in [0.2, 0.25) is 12.0 Å². The van der Waals surface area contributed by atoms with E-state index in [0.717, 1.165) is 25.5 Å². The summed E-state index contributed by atoms with van der Waals surface area (Å²) in [5.41, 5.74) is -0.889. The van der Waals surface area contributed by atoms with Crippen molar-refractivity contribution in [3.63, 3.8) is 0 Å². The van der Waals surface area contributed by atoms with Crippen molar-refractivity contribution >= 4 is 10.1 Å². The second-order valence-corrected chi connectivity index (χ2v) is 7.43. The van der Waals surface area contributed by atoms with Gasteiger partial charge >= 0.3 is 10.1 Å². The smallest absolute Gasteiger partial charge is 0.306 e. The average molecular weight is 361 g/mol. The maximum Gasteiger partial charge on any atom is 0.306 e. The van der Waals surface area contributed by atoms with Crippen molar-refractivity contribution in [2.45, 2.75) is 44.6 Å². The quantitative estimate of drug-likeness (QED) is 0.565. The summed E-state index contributed by atoms with van der Waals surface area (Å²) in [5, 5.41) is 13.1. The van der Waals surface area contributed by atoms with Crippen LogP contribution in [0.4, 0.5) is 0 Å². The average Bonchev–Trinajstić information content (AvgIpc) is 2.66. The van der Waals surface area contributed by atoms with Crippen LogP contribution in [0.15, 0.2) is 4.79 Å². The third kappa shape index (κ3) is 3.77. The lowest BCUT2D eigenvalue weighted by Crippen LogP contribution is -2.34. The van der Waals surface area contributed by atoms with Gasteiger partial charge in [0.15, 0.2) is 0 Å². The normalized spacial score (nSPS) is 22.5. The fourth-order valence-electron chi connectivity index (χ4n) is 2.88. The maximum absolute atomic E-state index is 12.9. The first-order chi connectivity index (χ1) is 11.2. The lowest BCUT2D eigenvalue weighted by atomic mass is 10.1. The van der Waals surface area contributed by atoms with E-state index in [4.69, 9.17) is 8.92 Å². The molecule has 136 valence electrons. The van der Waals surface area contributed by atoms with Gasteiger partial charge in [-0.15, -0.1) is 0 Å². The predicted octanol–water partition coefficient (Wildman–Crippen LogP) is 0.224. The van der Waals surface area contributed by atoms with Gasteiger partial charge in [-0.1, -0.05) is 0 Å². The highest BCUT2D eigenvalue weighted by Gasteiger charge is 2.31. The number of methoxy groups -OCH3 is 1. The van der Waals surface area contributed by atoms with Crippen molar-refractivity contribution in [3.05, 3.63) is 21.9 Å². The molecule has 3 atom stereocenters. The fraction of sp³-hybridized carbons (Fsp3) is 0.714. The Labute approximate surface area is 140 Å². The number of fused-ring (bicyclic) bond motifs is 1. The highest BCUT2D eigenvalue weighted by atomic mass is 32.2. The number of hydrogen-bond acceptors (Lipinski definition) is 8. The van der Waals surface area contributed by atoms with E-state index in [-0.39, 0.29) is 17.8 Å². The molecule has 0 amide bonds. The molecule has 0 spiro atoms. The Morgan fingerprint density at radius 2 is 2.08 bits per heavy atom. The zero-order chi connectivity index (χ0) is 18.1. The lowest BCUT2D eigenvalue weighted by molar-refractivity contribution is -0.0811. The van der Waals surface area contributed by atoms with Crippen molar-refractivity contribution in [2.24, 2.45) is 0 Å². The second kappa shape index (κ2) is 7.18. The van der Waals surface area contributed by atoms with Crippen LogP contribution in [0.2, 0.25) is 0 Å². The molecule has 2 N–H and O–H groups in total. The Hall–Kier alpha value is -1.49. The Bertz CT molecular complexity index is 761. The molecule has 0 saturated carbocycles. The Morgan fingerprint density at radius 1 is 1.42 bits per heavy atom. The maximum atomic E-state index is 12.9. The molecule has 24 heavy (non-hydrogen) atoms. The van der Waals surface area contributed by atoms with Crippen LogP contribution in [0.1, 0.15) is 56.1 Å². The van der Waals surface area contributed by atoms with Crippen LogP contribution in [0, 0.1) is 0 Å². The molecule has 3 unspecified atom stereocenters. The van der Waals surface area contributed by atoms with Gasteiger partial charge in [0.25, 0.3) is 5.56 Å². The Kier molecular flexibility index (Phi) is 5.63.